The monoisotopic (exact) mass is 527 g/mol. The van der Waals surface area contributed by atoms with Gasteiger partial charge in [-0.2, -0.15) is 5.10 Å². The number of anilines is 1. The van der Waals surface area contributed by atoms with E-state index in [4.69, 9.17) is 19.3 Å². The Bertz CT molecular complexity index is 1200. The van der Waals surface area contributed by atoms with Crippen molar-refractivity contribution in [1.29, 1.82) is 0 Å². The molecule has 0 aliphatic carbocycles. The van der Waals surface area contributed by atoms with Crippen molar-refractivity contribution in [3.05, 3.63) is 41.2 Å². The number of hydrogen-bond acceptors (Lipinski definition) is 7. The lowest BCUT2D eigenvalue weighted by molar-refractivity contribution is -0.129. The molecule has 202 valence electrons. The number of piperazine rings is 1. The van der Waals surface area contributed by atoms with E-state index in [1.54, 1.807) is 18.2 Å². The van der Waals surface area contributed by atoms with Crippen LogP contribution in [0.25, 0.3) is 23.4 Å². The summed E-state index contributed by atoms with van der Waals surface area (Å²) in [6, 6.07) is 5.01. The van der Waals surface area contributed by atoms with Crippen LogP contribution in [0.1, 0.15) is 6.92 Å². The van der Waals surface area contributed by atoms with Crippen molar-refractivity contribution in [2.75, 3.05) is 58.5 Å². The fraction of sp³-hybridized carbons (Fsp3) is 0.519. The molecule has 0 radical (unpaired) electrons. The van der Waals surface area contributed by atoms with Crippen LogP contribution in [0.5, 0.6) is 0 Å². The van der Waals surface area contributed by atoms with Crippen LogP contribution in [-0.4, -0.2) is 87.3 Å². The van der Waals surface area contributed by atoms with E-state index in [0.717, 1.165) is 40.2 Å². The molecule has 0 atom stereocenters. The number of aromatic nitrogens is 3. The average molecular weight is 528 g/mol. The lowest BCUT2D eigenvalue weighted by Crippen LogP contribution is -2.48. The molecule has 10 heteroatoms. The molecule has 0 unspecified atom stereocenters. The van der Waals surface area contributed by atoms with Crippen LogP contribution in [0.15, 0.2) is 30.7 Å². The second-order valence-corrected chi connectivity index (χ2v) is 16.0. The minimum absolute atomic E-state index is 0.0830. The zero-order valence-electron chi connectivity index (χ0n) is 23.1. The van der Waals surface area contributed by atoms with Crippen LogP contribution in [-0.2, 0) is 25.7 Å². The number of amides is 1. The van der Waals surface area contributed by atoms with Crippen molar-refractivity contribution in [2.24, 2.45) is 0 Å². The van der Waals surface area contributed by atoms with Crippen molar-refractivity contribution in [3.8, 4) is 11.3 Å². The Balaban J connectivity index is 1.98. The highest BCUT2D eigenvalue weighted by atomic mass is 28.3. The third-order valence-corrected chi connectivity index (χ3v) is 7.90. The Morgan fingerprint density at radius 2 is 2.00 bits per heavy atom. The maximum absolute atomic E-state index is 12.3. The third kappa shape index (κ3) is 8.01. The lowest BCUT2D eigenvalue weighted by atomic mass is 10.1. The summed E-state index contributed by atoms with van der Waals surface area (Å²) in [5.74, 6) is 1.36. The molecule has 0 N–H and O–H groups in total. The molecule has 3 heterocycles. The molecule has 0 spiro atoms. The molecule has 0 saturated carbocycles. The number of nitrogens with zero attached hydrogens (tertiary/aromatic N) is 5. The molecule has 1 amide bonds. The van der Waals surface area contributed by atoms with Gasteiger partial charge in [0.15, 0.2) is 0 Å². The zero-order chi connectivity index (χ0) is 27.0. The molecule has 37 heavy (non-hydrogen) atoms. The van der Waals surface area contributed by atoms with Crippen molar-refractivity contribution < 1.29 is 19.0 Å². The van der Waals surface area contributed by atoms with Gasteiger partial charge >= 0.3 is 0 Å². The number of pyridine rings is 1. The normalized spacial score (nSPS) is 15.6. The molecule has 2 aromatic heterocycles. The van der Waals surface area contributed by atoms with E-state index < -0.39 is 8.07 Å². The molecule has 0 bridgehead atoms. The zero-order valence-corrected chi connectivity index (χ0v) is 24.1. The summed E-state index contributed by atoms with van der Waals surface area (Å²) in [5.41, 5.74) is 1.68. The van der Waals surface area contributed by atoms with Gasteiger partial charge in [0.1, 0.15) is 30.6 Å². The van der Waals surface area contributed by atoms with Crippen LogP contribution in [0, 0.1) is 0 Å². The second kappa shape index (κ2) is 13.0. The highest BCUT2D eigenvalue weighted by molar-refractivity contribution is 6.76. The van der Waals surface area contributed by atoms with Gasteiger partial charge in [-0.3, -0.25) is 4.79 Å². The van der Waals surface area contributed by atoms with E-state index in [1.807, 2.05) is 47.8 Å². The molecule has 1 aliphatic rings. The molecule has 1 saturated heterocycles. The van der Waals surface area contributed by atoms with E-state index in [0.29, 0.717) is 45.4 Å². The van der Waals surface area contributed by atoms with Gasteiger partial charge in [-0.05, 0) is 31.2 Å². The number of allylic oxidation sites excluding steroid dienone is 1. The van der Waals surface area contributed by atoms with Gasteiger partial charge in [-0.25, -0.2) is 9.67 Å². The smallest absolute Gasteiger partial charge is 0.241 e. The summed E-state index contributed by atoms with van der Waals surface area (Å²) in [4.78, 5) is 20.6. The van der Waals surface area contributed by atoms with E-state index in [9.17, 15) is 4.79 Å². The minimum Gasteiger partial charge on any atom is -0.492 e. The van der Waals surface area contributed by atoms with Gasteiger partial charge in [0.2, 0.25) is 5.91 Å². The van der Waals surface area contributed by atoms with E-state index >= 15 is 0 Å². The highest BCUT2D eigenvalue weighted by Gasteiger charge is 2.22. The van der Waals surface area contributed by atoms with Crippen LogP contribution < -0.4 is 15.5 Å². The Kier molecular flexibility index (Phi) is 10.1. The van der Waals surface area contributed by atoms with Crippen molar-refractivity contribution in [1.82, 2.24) is 19.7 Å². The first-order valence-corrected chi connectivity index (χ1v) is 16.4. The number of methoxy groups -OCH3 is 1. The first kappa shape index (κ1) is 28.6. The fourth-order valence-corrected chi connectivity index (χ4v) is 4.68. The highest BCUT2D eigenvalue weighted by Crippen LogP contribution is 2.20. The van der Waals surface area contributed by atoms with Crippen LogP contribution in [0.2, 0.25) is 25.7 Å². The summed E-state index contributed by atoms with van der Waals surface area (Å²) in [6.07, 6.45) is 5.69. The molecule has 2 aromatic rings. The Labute approximate surface area is 221 Å². The molecule has 3 rings (SSSR count). The molecule has 0 aromatic carbocycles. The van der Waals surface area contributed by atoms with E-state index in [-0.39, 0.29) is 5.91 Å². The number of hydrogen-bond donors (Lipinski definition) is 0. The Morgan fingerprint density at radius 1 is 1.22 bits per heavy atom. The minimum atomic E-state index is -1.19. The third-order valence-electron chi connectivity index (χ3n) is 6.19. The largest absolute Gasteiger partial charge is 0.492 e. The fourth-order valence-electron chi connectivity index (χ4n) is 3.93. The van der Waals surface area contributed by atoms with E-state index in [2.05, 4.69) is 31.2 Å². The van der Waals surface area contributed by atoms with Gasteiger partial charge < -0.3 is 24.0 Å². The maximum Gasteiger partial charge on any atom is 0.241 e. The van der Waals surface area contributed by atoms with Crippen molar-refractivity contribution in [3.63, 3.8) is 0 Å². The Hall–Kier alpha value is -2.95. The first-order chi connectivity index (χ1) is 17.6. The SMILES string of the molecule is C=C(/C=c1/c(-c2ccnc(N3CCN(C)C(=O)C3)c2)nn(COCC[Si](C)(C)C)/c1=C/C)OCCOC. The van der Waals surface area contributed by atoms with Crippen molar-refractivity contribution in [2.45, 2.75) is 39.3 Å². The number of likely N-dealkylation sites (N-methyl/N-ethyl adjacent to an activating group) is 1. The van der Waals surface area contributed by atoms with Gasteiger partial charge in [0, 0.05) is 58.9 Å². The van der Waals surface area contributed by atoms with Crippen molar-refractivity contribution >= 4 is 32.0 Å². The molecule has 1 fully saturated rings. The molecule has 9 nitrogen and oxygen atoms in total. The molecule has 1 aliphatic heterocycles. The van der Waals surface area contributed by atoms with E-state index in [1.165, 1.54) is 0 Å². The Morgan fingerprint density at radius 3 is 2.68 bits per heavy atom. The first-order valence-electron chi connectivity index (χ1n) is 12.7. The summed E-state index contributed by atoms with van der Waals surface area (Å²) in [5, 5.41) is 6.76. The second-order valence-electron chi connectivity index (χ2n) is 10.4. The topological polar surface area (TPSA) is 82.0 Å². The number of carbonyl (C=O) groups is 1. The van der Waals surface area contributed by atoms with Gasteiger partial charge in [0.25, 0.3) is 0 Å². The van der Waals surface area contributed by atoms with Crippen LogP contribution in [0.3, 0.4) is 0 Å². The van der Waals surface area contributed by atoms with Gasteiger partial charge in [-0.15, -0.1) is 0 Å². The maximum atomic E-state index is 12.3. The molecular weight excluding hydrogens is 486 g/mol. The molecular formula is C27H41N5O4Si. The number of rotatable bonds is 12. The number of carbonyl (C=O) groups excluding carboxylic acids is 1. The lowest BCUT2D eigenvalue weighted by Gasteiger charge is -2.32. The predicted molar refractivity (Wildman–Crippen MR) is 150 cm³/mol. The van der Waals surface area contributed by atoms with Gasteiger partial charge in [-0.1, -0.05) is 32.3 Å². The van der Waals surface area contributed by atoms with Crippen LogP contribution in [0.4, 0.5) is 5.82 Å². The summed E-state index contributed by atoms with van der Waals surface area (Å²) < 4.78 is 18.8. The number of ether oxygens (including phenoxy) is 3. The predicted octanol–water partition coefficient (Wildman–Crippen LogP) is 2.29. The van der Waals surface area contributed by atoms with Gasteiger partial charge in [0.05, 0.1) is 18.5 Å². The standard InChI is InChI=1S/C27H41N5O4Si/c1-8-24-23(17-21(2)36-14-13-34-4)27(29-32(24)20-35-15-16-37(5,6)7)22-9-10-28-25(18-22)31-12-11-30(3)26(33)19-31/h8-10,17-18H,2,11-16,19-20H2,1,3-7H3/b23-17+,24-8+. The van der Waals surface area contributed by atoms with Crippen LogP contribution >= 0.6 is 0 Å². The quantitative estimate of drug-likeness (QED) is 0.238. The summed E-state index contributed by atoms with van der Waals surface area (Å²) >= 11 is 0. The summed E-state index contributed by atoms with van der Waals surface area (Å²) in [7, 11) is 2.27. The average Bonchev–Trinajstić information content (AvgIpc) is 3.20. The summed E-state index contributed by atoms with van der Waals surface area (Å²) in [6.45, 7) is 16.7.